The largest absolute Gasteiger partial charge is 0.420 e. The molecule has 2 aromatic carbocycles. The lowest BCUT2D eigenvalue weighted by Crippen LogP contribution is -2.32. The first-order chi connectivity index (χ1) is 21.4. The number of rotatable bonds is 11. The fraction of sp³-hybridized carbons (Fsp3) is 0.333. The summed E-state index contributed by atoms with van der Waals surface area (Å²) in [4.78, 5) is 26.7. The van der Waals surface area contributed by atoms with E-state index in [-0.39, 0.29) is 51.7 Å². The molecule has 228 valence electrons. The van der Waals surface area contributed by atoms with Gasteiger partial charge in [0.25, 0.3) is 0 Å². The second-order valence-corrected chi connectivity index (χ2v) is 9.57. The van der Waals surface area contributed by atoms with Crippen molar-refractivity contribution in [2.45, 2.75) is 46.0 Å². The van der Waals surface area contributed by atoms with Crippen LogP contribution >= 0.6 is 0 Å². The highest BCUT2D eigenvalue weighted by atomic mass is 17.1. The van der Waals surface area contributed by atoms with Crippen molar-refractivity contribution in [2.75, 3.05) is 0 Å². The van der Waals surface area contributed by atoms with Crippen LogP contribution in [0.5, 0.6) is 23.3 Å². The molecule has 1 N–H and O–H groups in total. The Morgan fingerprint density at radius 3 is 2.32 bits per heavy atom. The molecule has 1 aliphatic rings. The van der Waals surface area contributed by atoms with E-state index >= 15 is 0 Å². The van der Waals surface area contributed by atoms with E-state index in [1.54, 1.807) is 14.1 Å². The molecule has 0 saturated carbocycles. The Morgan fingerprint density at radius 1 is 0.886 bits per heavy atom. The zero-order valence-corrected chi connectivity index (χ0v) is 24.2. The predicted molar refractivity (Wildman–Crippen MR) is 155 cm³/mol. The summed E-state index contributed by atoms with van der Waals surface area (Å²) >= 11 is 0. The minimum Gasteiger partial charge on any atom is -0.420 e. The maximum Gasteiger partial charge on any atom is 0.409 e. The fourth-order valence-corrected chi connectivity index (χ4v) is 4.40. The summed E-state index contributed by atoms with van der Waals surface area (Å²) in [6.45, 7) is 2.53. The highest BCUT2D eigenvalue weighted by molar-refractivity contribution is 5.62. The summed E-state index contributed by atoms with van der Waals surface area (Å²) < 4.78 is 21.5. The molecule has 0 radical (unpaired) electrons. The van der Waals surface area contributed by atoms with Crippen LogP contribution in [0.15, 0.2) is 67.2 Å². The topological polar surface area (TPSA) is 201 Å². The number of aryl methyl sites for hydroxylation is 4. The Balaban J connectivity index is 1.59. The van der Waals surface area contributed by atoms with Crippen LogP contribution < -0.4 is 19.1 Å². The first kappa shape index (κ1) is 29.9. The third kappa shape index (κ3) is 6.12. The summed E-state index contributed by atoms with van der Waals surface area (Å²) in [5, 5.41) is 41.5. The minimum absolute atomic E-state index is 0.0384. The van der Waals surface area contributed by atoms with E-state index in [4.69, 9.17) is 14.2 Å². The fourth-order valence-electron chi connectivity index (χ4n) is 4.40. The number of nitroso groups, excluding NO2 is 2. The lowest BCUT2D eigenvalue weighted by Gasteiger charge is -2.21. The number of hydrogen-bond acceptors (Lipinski definition) is 15. The van der Waals surface area contributed by atoms with Gasteiger partial charge in [-0.3, -0.25) is 0 Å². The lowest BCUT2D eigenvalue weighted by molar-refractivity contribution is -0.146. The van der Waals surface area contributed by atoms with Crippen LogP contribution in [0.1, 0.15) is 38.1 Å². The number of hydrogen-bond donors (Lipinski definition) is 1. The maximum absolute atomic E-state index is 11.2. The van der Waals surface area contributed by atoms with E-state index in [0.29, 0.717) is 29.9 Å². The Bertz CT molecular complexity index is 1750. The van der Waals surface area contributed by atoms with Crippen molar-refractivity contribution in [3.63, 3.8) is 0 Å². The molecule has 0 fully saturated rings. The number of azo groups is 2. The van der Waals surface area contributed by atoms with Crippen molar-refractivity contribution >= 4 is 34.1 Å². The van der Waals surface area contributed by atoms with E-state index in [9.17, 15) is 15.1 Å². The van der Waals surface area contributed by atoms with Crippen LogP contribution in [-0.4, -0.2) is 31.3 Å². The Labute approximate surface area is 250 Å². The zero-order chi connectivity index (χ0) is 31.2. The zero-order valence-electron chi connectivity index (χ0n) is 24.2. The second kappa shape index (κ2) is 13.2. The van der Waals surface area contributed by atoms with Gasteiger partial charge in [-0.05, 0) is 59.6 Å². The van der Waals surface area contributed by atoms with Crippen LogP contribution in [0, 0.1) is 9.81 Å². The monoisotopic (exact) mass is 604 g/mol. The summed E-state index contributed by atoms with van der Waals surface area (Å²) in [7, 11) is 3.34. The second-order valence-electron chi connectivity index (χ2n) is 9.57. The van der Waals surface area contributed by atoms with E-state index in [1.807, 2.05) is 13.8 Å². The van der Waals surface area contributed by atoms with E-state index in [2.05, 4.69) is 45.9 Å². The van der Waals surface area contributed by atoms with Crippen LogP contribution in [0.2, 0.25) is 0 Å². The summed E-state index contributed by atoms with van der Waals surface area (Å²) in [6.07, 6.45) is 2.65. The summed E-state index contributed by atoms with van der Waals surface area (Å²) in [6, 6.07) is 8.37. The van der Waals surface area contributed by atoms with E-state index in [1.165, 1.54) is 45.8 Å². The molecule has 5 rings (SSSR count). The first-order valence-corrected chi connectivity index (χ1v) is 13.6. The van der Waals surface area contributed by atoms with Gasteiger partial charge in [0.15, 0.2) is 22.9 Å². The molecule has 2 aromatic heterocycles. The number of fused-ring (bicyclic) bond motifs is 2. The van der Waals surface area contributed by atoms with E-state index < -0.39 is 6.48 Å². The van der Waals surface area contributed by atoms with Gasteiger partial charge in [-0.25, -0.2) is 14.6 Å². The van der Waals surface area contributed by atoms with Crippen molar-refractivity contribution in [2.24, 2.45) is 44.9 Å². The molecule has 0 amide bonds. The van der Waals surface area contributed by atoms with Crippen molar-refractivity contribution in [3.05, 3.63) is 57.6 Å². The lowest BCUT2D eigenvalue weighted by atomic mass is 10.2. The van der Waals surface area contributed by atoms with Gasteiger partial charge in [0.1, 0.15) is 22.7 Å². The van der Waals surface area contributed by atoms with Crippen molar-refractivity contribution in [3.8, 4) is 23.3 Å². The van der Waals surface area contributed by atoms with Gasteiger partial charge in [-0.2, -0.15) is 10.2 Å². The highest BCUT2D eigenvalue weighted by Crippen LogP contribution is 2.42. The van der Waals surface area contributed by atoms with Crippen LogP contribution in [0.3, 0.4) is 0 Å². The molecule has 1 aliphatic heterocycles. The van der Waals surface area contributed by atoms with Gasteiger partial charge in [0.2, 0.25) is 11.8 Å². The average molecular weight is 605 g/mol. The molecule has 0 bridgehead atoms. The standard InChI is InChI=1S/C27H28N10O7/c1-5-7-17-23-25(36(3)32-17)42-27(41-21-11-9-15(34-38)13-19(21)28-30-23)43-26-24(18(8-6-2)33-37(26)4)31-29-20-14-16(35-39)10-12-22(20)44-40/h9-14,27,40H,5-8H2,1-4H3. The molecule has 1 unspecified atom stereocenters. The smallest absolute Gasteiger partial charge is 0.409 e. The first-order valence-electron chi connectivity index (χ1n) is 13.6. The van der Waals surface area contributed by atoms with Crippen molar-refractivity contribution in [1.29, 1.82) is 0 Å². The molecule has 17 nitrogen and oxygen atoms in total. The molecule has 0 saturated heterocycles. The van der Waals surface area contributed by atoms with Gasteiger partial charge in [0, 0.05) is 14.1 Å². The summed E-state index contributed by atoms with van der Waals surface area (Å²) in [5.41, 5.74) is 2.25. The number of aromatic nitrogens is 4. The molecule has 44 heavy (non-hydrogen) atoms. The van der Waals surface area contributed by atoms with E-state index in [0.717, 1.165) is 12.8 Å². The van der Waals surface area contributed by atoms with Crippen LogP contribution in [0.4, 0.5) is 34.1 Å². The van der Waals surface area contributed by atoms with Gasteiger partial charge >= 0.3 is 6.48 Å². The number of nitrogens with zero attached hydrogens (tertiary/aromatic N) is 10. The molecule has 0 aliphatic carbocycles. The molecule has 3 heterocycles. The highest BCUT2D eigenvalue weighted by Gasteiger charge is 2.29. The third-order valence-corrected chi connectivity index (χ3v) is 6.40. The molecule has 4 aromatic rings. The average Bonchev–Trinajstić information content (AvgIpc) is 3.50. The molecule has 0 spiro atoms. The van der Waals surface area contributed by atoms with Crippen LogP contribution in [0.25, 0.3) is 0 Å². The predicted octanol–water partition coefficient (Wildman–Crippen LogP) is 7.67. The number of ether oxygens (including phenoxy) is 3. The summed E-state index contributed by atoms with van der Waals surface area (Å²) in [5.74, 6) is 0.501. The maximum atomic E-state index is 11.2. The molecular weight excluding hydrogens is 576 g/mol. The Kier molecular flexibility index (Phi) is 8.94. The Hall–Kier alpha value is -5.58. The third-order valence-electron chi connectivity index (χ3n) is 6.40. The SMILES string of the molecule is CCCc1nn(C)c(OC2Oc3ccc(N=O)cc3N=Nc3c(CCC)nn(C)c3O2)c1N=Nc1cc(N=O)ccc1OO. The van der Waals surface area contributed by atoms with Gasteiger partial charge in [-0.1, -0.05) is 26.7 Å². The van der Waals surface area contributed by atoms with Crippen molar-refractivity contribution in [1.82, 2.24) is 19.6 Å². The quantitative estimate of drug-likeness (QED) is 0.0771. The van der Waals surface area contributed by atoms with Gasteiger partial charge < -0.3 is 19.1 Å². The Morgan fingerprint density at radius 2 is 1.59 bits per heavy atom. The normalized spacial score (nSPS) is 14.1. The van der Waals surface area contributed by atoms with Crippen LogP contribution in [-0.2, 0) is 26.9 Å². The minimum atomic E-state index is -1.45. The van der Waals surface area contributed by atoms with Gasteiger partial charge in [0.05, 0.1) is 11.4 Å². The molecule has 1 atom stereocenters. The van der Waals surface area contributed by atoms with Gasteiger partial charge in [-0.15, -0.1) is 30.3 Å². The van der Waals surface area contributed by atoms with Crippen molar-refractivity contribution < 1.29 is 24.4 Å². The number of benzene rings is 2. The molecular formula is C27H28N10O7. The molecule has 17 heteroatoms.